The van der Waals surface area contributed by atoms with Crippen LogP contribution in [0, 0.1) is 12.7 Å². The maximum absolute atomic E-state index is 13.6. The van der Waals surface area contributed by atoms with Crippen molar-refractivity contribution < 1.29 is 14.0 Å². The number of hydrogen-bond acceptors (Lipinski definition) is 5. The van der Waals surface area contributed by atoms with Crippen molar-refractivity contribution in [2.45, 2.75) is 26.7 Å². The molecule has 0 bridgehead atoms. The molecule has 9 heteroatoms. The Morgan fingerprint density at radius 3 is 2.54 bits per heavy atom. The quantitative estimate of drug-likeness (QED) is 0.285. The summed E-state index contributed by atoms with van der Waals surface area (Å²) in [6.45, 7) is 3.76. The van der Waals surface area contributed by atoms with Crippen LogP contribution >= 0.6 is 11.6 Å². The number of allylic oxidation sites excluding steroid dienone is 1. The van der Waals surface area contributed by atoms with Gasteiger partial charge in [0.25, 0.3) is 11.8 Å². The monoisotopic (exact) mass is 491 g/mol. The number of hydrazone groups is 1. The van der Waals surface area contributed by atoms with Crippen LogP contribution in [0.5, 0.6) is 0 Å². The van der Waals surface area contributed by atoms with Gasteiger partial charge in [0.1, 0.15) is 17.2 Å². The van der Waals surface area contributed by atoms with Crippen LogP contribution < -0.4 is 16.1 Å². The number of primary amides is 1. The van der Waals surface area contributed by atoms with Gasteiger partial charge < -0.3 is 11.1 Å². The number of halogens is 2. The SMILES string of the molecule is CC1=C(N(/N=C/C(N)=O)c2ccc(F)cc2)c2cc(NC(=O)c3ccc(C)nc3Cl)ccc2CC1. The predicted octanol–water partition coefficient (Wildman–Crippen LogP) is 5.09. The molecule has 0 saturated heterocycles. The van der Waals surface area contributed by atoms with Crippen LogP contribution in [0.2, 0.25) is 5.15 Å². The summed E-state index contributed by atoms with van der Waals surface area (Å²) in [5.74, 6) is -1.49. The second-order valence-electron chi connectivity index (χ2n) is 8.18. The summed E-state index contributed by atoms with van der Waals surface area (Å²) in [6, 6.07) is 14.7. The van der Waals surface area contributed by atoms with Gasteiger partial charge in [-0.1, -0.05) is 17.7 Å². The summed E-state index contributed by atoms with van der Waals surface area (Å²) in [4.78, 5) is 28.5. The molecule has 3 N–H and O–H groups in total. The highest BCUT2D eigenvalue weighted by Gasteiger charge is 2.24. The third-order valence-electron chi connectivity index (χ3n) is 5.61. The van der Waals surface area contributed by atoms with E-state index >= 15 is 0 Å². The van der Waals surface area contributed by atoms with Crippen LogP contribution in [0.1, 0.15) is 40.5 Å². The van der Waals surface area contributed by atoms with Crippen LogP contribution in [0.4, 0.5) is 15.8 Å². The van der Waals surface area contributed by atoms with Crippen molar-refractivity contribution in [1.82, 2.24) is 4.98 Å². The van der Waals surface area contributed by atoms with Crippen LogP contribution in [0.25, 0.3) is 5.70 Å². The van der Waals surface area contributed by atoms with E-state index < -0.39 is 11.7 Å². The van der Waals surface area contributed by atoms with Gasteiger partial charge in [0.2, 0.25) is 0 Å². The number of carbonyl (C=O) groups is 2. The van der Waals surface area contributed by atoms with Crippen molar-refractivity contribution in [3.8, 4) is 0 Å². The molecule has 0 unspecified atom stereocenters. The number of benzene rings is 2. The molecule has 1 aromatic heterocycles. The molecule has 0 spiro atoms. The first kappa shape index (κ1) is 24.1. The van der Waals surface area contributed by atoms with Crippen LogP contribution in [0.3, 0.4) is 0 Å². The second kappa shape index (κ2) is 10.1. The molecule has 0 aliphatic heterocycles. The molecular weight excluding hydrogens is 469 g/mol. The molecule has 1 aliphatic carbocycles. The fourth-order valence-electron chi connectivity index (χ4n) is 3.90. The van der Waals surface area contributed by atoms with E-state index in [1.807, 2.05) is 25.1 Å². The highest BCUT2D eigenvalue weighted by molar-refractivity contribution is 6.33. The number of amides is 2. The summed E-state index contributed by atoms with van der Waals surface area (Å²) in [5.41, 5.74) is 11.0. The Labute approximate surface area is 207 Å². The Balaban J connectivity index is 1.74. The summed E-state index contributed by atoms with van der Waals surface area (Å²) in [7, 11) is 0. The topological polar surface area (TPSA) is 101 Å². The molecule has 3 aromatic rings. The zero-order valence-corrected chi connectivity index (χ0v) is 19.9. The van der Waals surface area contributed by atoms with Crippen LogP contribution in [0.15, 0.2) is 65.3 Å². The summed E-state index contributed by atoms with van der Waals surface area (Å²) in [6.07, 6.45) is 2.57. The zero-order valence-electron chi connectivity index (χ0n) is 19.2. The maximum Gasteiger partial charge on any atom is 0.261 e. The van der Waals surface area contributed by atoms with Gasteiger partial charge in [0, 0.05) is 16.9 Å². The van der Waals surface area contributed by atoms with E-state index in [-0.39, 0.29) is 16.6 Å². The zero-order chi connectivity index (χ0) is 25.1. The van der Waals surface area contributed by atoms with E-state index in [1.54, 1.807) is 36.2 Å². The van der Waals surface area contributed by atoms with E-state index in [4.69, 9.17) is 17.3 Å². The fraction of sp³-hybridized carbons (Fsp3) is 0.154. The molecule has 2 amide bonds. The summed E-state index contributed by atoms with van der Waals surface area (Å²) < 4.78 is 13.6. The number of rotatable bonds is 6. The number of carbonyl (C=O) groups excluding carboxylic acids is 2. The van der Waals surface area contributed by atoms with Gasteiger partial charge in [-0.15, -0.1) is 0 Å². The van der Waals surface area contributed by atoms with E-state index in [0.717, 1.165) is 41.5 Å². The molecule has 35 heavy (non-hydrogen) atoms. The molecule has 0 saturated carbocycles. The third-order valence-corrected chi connectivity index (χ3v) is 5.90. The van der Waals surface area contributed by atoms with Crippen molar-refractivity contribution in [2.24, 2.45) is 10.8 Å². The lowest BCUT2D eigenvalue weighted by Crippen LogP contribution is -2.23. The van der Waals surface area contributed by atoms with Gasteiger partial charge in [-0.05, 0) is 86.4 Å². The lowest BCUT2D eigenvalue weighted by atomic mass is 9.89. The number of nitrogens with one attached hydrogen (secondary N) is 1. The normalized spacial score (nSPS) is 13.0. The molecule has 178 valence electrons. The summed E-state index contributed by atoms with van der Waals surface area (Å²) in [5, 5.41) is 8.85. The van der Waals surface area contributed by atoms with E-state index in [0.29, 0.717) is 17.1 Å². The van der Waals surface area contributed by atoms with E-state index in [9.17, 15) is 14.0 Å². The molecule has 2 aromatic carbocycles. The van der Waals surface area contributed by atoms with Gasteiger partial charge in [0.15, 0.2) is 0 Å². The minimum atomic E-state index is -0.712. The molecule has 1 aliphatic rings. The highest BCUT2D eigenvalue weighted by Crippen LogP contribution is 2.38. The van der Waals surface area contributed by atoms with Crippen molar-refractivity contribution in [2.75, 3.05) is 10.3 Å². The first-order valence-corrected chi connectivity index (χ1v) is 11.3. The first-order valence-electron chi connectivity index (χ1n) is 10.9. The van der Waals surface area contributed by atoms with Gasteiger partial charge in [0.05, 0.1) is 16.9 Å². The predicted molar refractivity (Wildman–Crippen MR) is 136 cm³/mol. The number of aryl methyl sites for hydroxylation is 2. The number of nitrogens with zero attached hydrogens (tertiary/aromatic N) is 3. The van der Waals surface area contributed by atoms with Gasteiger partial charge in [-0.25, -0.2) is 14.4 Å². The van der Waals surface area contributed by atoms with E-state index in [2.05, 4.69) is 15.4 Å². The smallest absolute Gasteiger partial charge is 0.261 e. The lowest BCUT2D eigenvalue weighted by Gasteiger charge is -2.30. The molecule has 7 nitrogen and oxygen atoms in total. The average molecular weight is 492 g/mol. The Morgan fingerprint density at radius 2 is 1.86 bits per heavy atom. The number of fused-ring (bicyclic) bond motifs is 1. The fourth-order valence-corrected chi connectivity index (χ4v) is 4.18. The van der Waals surface area contributed by atoms with Crippen LogP contribution in [-0.4, -0.2) is 23.0 Å². The first-order chi connectivity index (χ1) is 16.7. The Kier molecular flexibility index (Phi) is 6.93. The molecule has 0 radical (unpaired) electrons. The van der Waals surface area contributed by atoms with Gasteiger partial charge >= 0.3 is 0 Å². The number of anilines is 2. The molecular formula is C26H23ClFN5O2. The highest BCUT2D eigenvalue weighted by atomic mass is 35.5. The maximum atomic E-state index is 13.6. The lowest BCUT2D eigenvalue weighted by molar-refractivity contribution is -0.111. The van der Waals surface area contributed by atoms with Crippen molar-refractivity contribution in [1.29, 1.82) is 0 Å². The van der Waals surface area contributed by atoms with E-state index in [1.165, 1.54) is 12.1 Å². The summed E-state index contributed by atoms with van der Waals surface area (Å²) >= 11 is 6.16. The van der Waals surface area contributed by atoms with Crippen molar-refractivity contribution in [3.63, 3.8) is 0 Å². The molecule has 0 fully saturated rings. The minimum absolute atomic E-state index is 0.125. The number of hydrogen-bond donors (Lipinski definition) is 2. The third kappa shape index (κ3) is 5.38. The van der Waals surface area contributed by atoms with Crippen molar-refractivity contribution >= 4 is 46.7 Å². The van der Waals surface area contributed by atoms with Crippen LogP contribution in [-0.2, 0) is 11.2 Å². The molecule has 4 rings (SSSR count). The number of nitrogens with two attached hydrogens (primary N) is 1. The Bertz CT molecular complexity index is 1370. The number of pyridine rings is 1. The van der Waals surface area contributed by atoms with Gasteiger partial charge in [-0.2, -0.15) is 5.10 Å². The van der Waals surface area contributed by atoms with Crippen molar-refractivity contribution in [3.05, 3.63) is 93.5 Å². The molecule has 0 atom stereocenters. The Morgan fingerprint density at radius 1 is 1.11 bits per heavy atom. The van der Waals surface area contributed by atoms with Gasteiger partial charge in [-0.3, -0.25) is 9.59 Å². The largest absolute Gasteiger partial charge is 0.365 e. The minimum Gasteiger partial charge on any atom is -0.365 e. The Hall–Kier alpha value is -4.04. The molecule has 1 heterocycles. The second-order valence-corrected chi connectivity index (χ2v) is 8.54. The standard InChI is InChI=1S/C26H23ClFN5O2/c1-15-3-5-17-6-9-19(32-26(35)21-12-4-16(2)31-25(21)27)13-22(17)24(15)33(30-14-23(29)34)20-10-7-18(28)8-11-20/h4,6-14H,3,5H2,1-2H3,(H2,29,34)(H,32,35)/b30-14+. The average Bonchev–Trinajstić information content (AvgIpc) is 2.81. The number of aromatic nitrogens is 1.